The first-order chi connectivity index (χ1) is 10.1. The minimum Gasteiger partial charge on any atom is -0.453 e. The molecule has 2 atom stereocenters. The fourth-order valence-electron chi connectivity index (χ4n) is 2.53. The van der Waals surface area contributed by atoms with Gasteiger partial charge < -0.3 is 15.8 Å². The summed E-state index contributed by atoms with van der Waals surface area (Å²) in [4.78, 5) is 23.3. The van der Waals surface area contributed by atoms with Crippen molar-refractivity contribution in [3.63, 3.8) is 0 Å². The molecule has 21 heavy (non-hydrogen) atoms. The number of carbonyl (C=O) groups is 2. The predicted octanol–water partition coefficient (Wildman–Crippen LogP) is 2.32. The van der Waals surface area contributed by atoms with Gasteiger partial charge in [-0.15, -0.1) is 0 Å². The number of nitrogens with two attached hydrogens (primary N) is 1. The largest absolute Gasteiger partial charge is 0.453 e. The summed E-state index contributed by atoms with van der Waals surface area (Å²) in [5, 5.41) is 5.42. The van der Waals surface area contributed by atoms with Crippen molar-refractivity contribution in [1.29, 1.82) is 0 Å². The molecule has 6 nitrogen and oxygen atoms in total. The van der Waals surface area contributed by atoms with Gasteiger partial charge in [0.25, 0.3) is 0 Å². The Kier molecular flexibility index (Phi) is 5.16. The maximum atomic E-state index is 12.2. The number of methoxy groups -OCH3 is 1. The van der Waals surface area contributed by atoms with Gasteiger partial charge in [0.05, 0.1) is 13.0 Å². The van der Waals surface area contributed by atoms with Crippen LogP contribution >= 0.6 is 0 Å². The third kappa shape index (κ3) is 4.19. The average molecular weight is 291 g/mol. The molecule has 2 unspecified atom stereocenters. The van der Waals surface area contributed by atoms with Gasteiger partial charge in [-0.2, -0.15) is 0 Å². The van der Waals surface area contributed by atoms with Gasteiger partial charge in [-0.05, 0) is 37.1 Å². The van der Waals surface area contributed by atoms with Crippen molar-refractivity contribution >= 4 is 23.4 Å². The third-order valence-corrected chi connectivity index (χ3v) is 3.74. The first-order valence-corrected chi connectivity index (χ1v) is 7.11. The molecule has 0 aromatic heterocycles. The van der Waals surface area contributed by atoms with Crippen molar-refractivity contribution in [2.45, 2.75) is 31.7 Å². The lowest BCUT2D eigenvalue weighted by Gasteiger charge is -2.27. The molecule has 1 saturated carbocycles. The second kappa shape index (κ2) is 7.08. The molecule has 2 amide bonds. The summed E-state index contributed by atoms with van der Waals surface area (Å²) >= 11 is 0. The van der Waals surface area contributed by atoms with Gasteiger partial charge >= 0.3 is 6.09 Å². The second-order valence-corrected chi connectivity index (χ2v) is 5.24. The first-order valence-electron chi connectivity index (χ1n) is 7.11. The van der Waals surface area contributed by atoms with E-state index in [4.69, 9.17) is 5.73 Å². The minimum atomic E-state index is -0.528. The lowest BCUT2D eigenvalue weighted by atomic mass is 9.84. The van der Waals surface area contributed by atoms with E-state index in [1.165, 1.54) is 7.11 Å². The quantitative estimate of drug-likeness (QED) is 0.796. The van der Waals surface area contributed by atoms with Crippen LogP contribution in [0.15, 0.2) is 24.3 Å². The number of amides is 2. The van der Waals surface area contributed by atoms with Crippen molar-refractivity contribution in [1.82, 2.24) is 0 Å². The van der Waals surface area contributed by atoms with Crippen molar-refractivity contribution in [2.75, 3.05) is 17.7 Å². The number of ether oxygens (including phenoxy) is 1. The zero-order valence-electron chi connectivity index (χ0n) is 12.1. The molecule has 1 aromatic rings. The molecule has 1 aromatic carbocycles. The summed E-state index contributed by atoms with van der Waals surface area (Å²) in [6.45, 7) is 0. The van der Waals surface area contributed by atoms with Gasteiger partial charge in [-0.1, -0.05) is 12.8 Å². The molecule has 0 spiro atoms. The average Bonchev–Trinajstić information content (AvgIpc) is 2.49. The van der Waals surface area contributed by atoms with Gasteiger partial charge in [0.1, 0.15) is 0 Å². The number of benzene rings is 1. The van der Waals surface area contributed by atoms with Crippen LogP contribution in [-0.4, -0.2) is 25.2 Å². The van der Waals surface area contributed by atoms with Crippen molar-refractivity contribution in [2.24, 2.45) is 11.7 Å². The van der Waals surface area contributed by atoms with E-state index in [-0.39, 0.29) is 17.9 Å². The molecule has 1 aliphatic carbocycles. The molecule has 6 heteroatoms. The van der Waals surface area contributed by atoms with E-state index in [9.17, 15) is 9.59 Å². The highest BCUT2D eigenvalue weighted by molar-refractivity contribution is 5.93. The highest BCUT2D eigenvalue weighted by Gasteiger charge is 2.28. The Morgan fingerprint density at radius 2 is 1.67 bits per heavy atom. The van der Waals surface area contributed by atoms with Crippen LogP contribution in [0.2, 0.25) is 0 Å². The van der Waals surface area contributed by atoms with Gasteiger partial charge in [0.15, 0.2) is 0 Å². The fourth-order valence-corrected chi connectivity index (χ4v) is 2.53. The van der Waals surface area contributed by atoms with Crippen LogP contribution in [0.25, 0.3) is 0 Å². The molecule has 0 heterocycles. The lowest BCUT2D eigenvalue weighted by Crippen LogP contribution is -2.40. The van der Waals surface area contributed by atoms with Crippen LogP contribution in [0.1, 0.15) is 25.7 Å². The Hall–Kier alpha value is -2.08. The molecule has 0 bridgehead atoms. The number of rotatable bonds is 3. The Bertz CT molecular complexity index is 501. The smallest absolute Gasteiger partial charge is 0.411 e. The minimum absolute atomic E-state index is 0.0316. The predicted molar refractivity (Wildman–Crippen MR) is 81.0 cm³/mol. The molecule has 0 radical (unpaired) electrons. The highest BCUT2D eigenvalue weighted by atomic mass is 16.5. The molecular formula is C15H21N3O3. The molecule has 0 saturated heterocycles. The summed E-state index contributed by atoms with van der Waals surface area (Å²) in [7, 11) is 1.30. The number of anilines is 2. The Morgan fingerprint density at radius 3 is 2.24 bits per heavy atom. The molecule has 4 N–H and O–H groups in total. The molecule has 0 aliphatic heterocycles. The Labute approximate surface area is 124 Å². The molecule has 2 rings (SSSR count). The van der Waals surface area contributed by atoms with Gasteiger partial charge in [0, 0.05) is 17.4 Å². The standard InChI is InChI=1S/C15H21N3O3/c1-21-15(20)18-11-8-6-10(7-9-11)17-14(19)12-4-2-3-5-13(12)16/h6-9,12-13H,2-5,16H2,1H3,(H,17,19)(H,18,20). The zero-order chi connectivity index (χ0) is 15.2. The monoisotopic (exact) mass is 291 g/mol. The Balaban J connectivity index is 1.93. The van der Waals surface area contributed by atoms with E-state index in [1.54, 1.807) is 24.3 Å². The maximum Gasteiger partial charge on any atom is 0.411 e. The Morgan fingerprint density at radius 1 is 1.10 bits per heavy atom. The number of hydrogen-bond donors (Lipinski definition) is 3. The van der Waals surface area contributed by atoms with Gasteiger partial charge in [0.2, 0.25) is 5.91 Å². The first kappa shape index (κ1) is 15.3. The van der Waals surface area contributed by atoms with Crippen LogP contribution < -0.4 is 16.4 Å². The number of carbonyl (C=O) groups excluding carboxylic acids is 2. The van der Waals surface area contributed by atoms with Crippen LogP contribution in [0.4, 0.5) is 16.2 Å². The van der Waals surface area contributed by atoms with Gasteiger partial charge in [-0.3, -0.25) is 10.1 Å². The van der Waals surface area contributed by atoms with Gasteiger partial charge in [-0.25, -0.2) is 4.79 Å². The molecule has 114 valence electrons. The van der Waals surface area contributed by atoms with Crippen LogP contribution in [0.3, 0.4) is 0 Å². The van der Waals surface area contributed by atoms with E-state index < -0.39 is 6.09 Å². The maximum absolute atomic E-state index is 12.2. The van der Waals surface area contributed by atoms with E-state index in [2.05, 4.69) is 15.4 Å². The van der Waals surface area contributed by atoms with E-state index in [1.807, 2.05) is 0 Å². The van der Waals surface area contributed by atoms with E-state index in [0.29, 0.717) is 11.4 Å². The SMILES string of the molecule is COC(=O)Nc1ccc(NC(=O)C2CCCCC2N)cc1. The fraction of sp³-hybridized carbons (Fsp3) is 0.467. The van der Waals surface area contributed by atoms with Crippen molar-refractivity contribution in [3.05, 3.63) is 24.3 Å². The summed E-state index contributed by atoms with van der Waals surface area (Å²) in [6, 6.07) is 6.81. The van der Waals surface area contributed by atoms with E-state index >= 15 is 0 Å². The van der Waals surface area contributed by atoms with Crippen molar-refractivity contribution < 1.29 is 14.3 Å². The normalized spacial score (nSPS) is 21.4. The summed E-state index contributed by atoms with van der Waals surface area (Å²) in [5.41, 5.74) is 7.30. The summed E-state index contributed by atoms with van der Waals surface area (Å²) in [6.07, 6.45) is 3.36. The van der Waals surface area contributed by atoms with Crippen LogP contribution in [-0.2, 0) is 9.53 Å². The van der Waals surface area contributed by atoms with Crippen molar-refractivity contribution in [3.8, 4) is 0 Å². The topological polar surface area (TPSA) is 93.5 Å². The summed E-state index contributed by atoms with van der Waals surface area (Å²) in [5.74, 6) is -0.150. The van der Waals surface area contributed by atoms with Crippen LogP contribution in [0.5, 0.6) is 0 Å². The lowest BCUT2D eigenvalue weighted by molar-refractivity contribution is -0.121. The second-order valence-electron chi connectivity index (χ2n) is 5.24. The highest BCUT2D eigenvalue weighted by Crippen LogP contribution is 2.24. The third-order valence-electron chi connectivity index (χ3n) is 3.74. The number of hydrogen-bond acceptors (Lipinski definition) is 4. The zero-order valence-corrected chi connectivity index (χ0v) is 12.1. The molecule has 1 aliphatic rings. The molecular weight excluding hydrogens is 270 g/mol. The number of nitrogens with one attached hydrogen (secondary N) is 2. The van der Waals surface area contributed by atoms with E-state index in [0.717, 1.165) is 25.7 Å². The summed E-state index contributed by atoms with van der Waals surface area (Å²) < 4.78 is 4.51. The van der Waals surface area contributed by atoms with Crippen LogP contribution in [0, 0.1) is 5.92 Å². The molecule has 1 fully saturated rings.